The van der Waals surface area contributed by atoms with Crippen LogP contribution in [0.5, 0.6) is 0 Å². The number of rotatable bonds is 2. The van der Waals surface area contributed by atoms with Crippen LogP contribution in [-0.4, -0.2) is 16.4 Å². The van der Waals surface area contributed by atoms with Gasteiger partial charge in [-0.2, -0.15) is 5.10 Å². The molecule has 1 atom stereocenters. The summed E-state index contributed by atoms with van der Waals surface area (Å²) in [5.74, 6) is 0.546. The zero-order chi connectivity index (χ0) is 13.2. The van der Waals surface area contributed by atoms with Crippen LogP contribution in [0.3, 0.4) is 0 Å². The van der Waals surface area contributed by atoms with Crippen molar-refractivity contribution in [2.24, 2.45) is 0 Å². The molecule has 1 fully saturated rings. The lowest BCUT2D eigenvalue weighted by Gasteiger charge is -2.24. The normalized spacial score (nSPS) is 19.5. The second kappa shape index (κ2) is 5.05. The molecule has 1 saturated heterocycles. The van der Waals surface area contributed by atoms with Gasteiger partial charge in [0.15, 0.2) is 6.23 Å². The van der Waals surface area contributed by atoms with E-state index in [-0.39, 0.29) is 6.23 Å². The van der Waals surface area contributed by atoms with E-state index in [4.69, 9.17) is 10.5 Å². The van der Waals surface area contributed by atoms with Crippen molar-refractivity contribution in [2.45, 2.75) is 32.4 Å². The van der Waals surface area contributed by atoms with Crippen molar-refractivity contribution in [1.29, 1.82) is 0 Å². The highest BCUT2D eigenvalue weighted by molar-refractivity contribution is 5.63. The van der Waals surface area contributed by atoms with Gasteiger partial charge in [-0.3, -0.25) is 0 Å². The van der Waals surface area contributed by atoms with Gasteiger partial charge in [0.2, 0.25) is 0 Å². The quantitative estimate of drug-likeness (QED) is 0.899. The molecular weight excluding hydrogens is 238 g/mol. The summed E-state index contributed by atoms with van der Waals surface area (Å²) in [6.07, 6.45) is 3.33. The minimum atomic E-state index is 0.0161. The molecule has 1 aromatic carbocycles. The zero-order valence-corrected chi connectivity index (χ0v) is 11.2. The Bertz CT molecular complexity index is 553. The zero-order valence-electron chi connectivity index (χ0n) is 11.2. The number of hydrogen-bond donors (Lipinski definition) is 1. The van der Waals surface area contributed by atoms with Crippen molar-refractivity contribution >= 4 is 5.82 Å². The maximum Gasteiger partial charge on any atom is 0.150 e. The molecule has 2 heterocycles. The minimum absolute atomic E-state index is 0.0161. The van der Waals surface area contributed by atoms with Gasteiger partial charge in [-0.05, 0) is 26.2 Å². The molecule has 0 aliphatic carbocycles. The Morgan fingerprint density at radius 3 is 2.74 bits per heavy atom. The smallest absolute Gasteiger partial charge is 0.150 e. The molecule has 0 saturated carbocycles. The largest absolute Gasteiger partial charge is 0.382 e. The molecule has 0 radical (unpaired) electrons. The van der Waals surface area contributed by atoms with Crippen LogP contribution in [-0.2, 0) is 4.74 Å². The summed E-state index contributed by atoms with van der Waals surface area (Å²) in [6.45, 7) is 2.89. The van der Waals surface area contributed by atoms with Gasteiger partial charge in [0.1, 0.15) is 5.82 Å². The fourth-order valence-corrected chi connectivity index (χ4v) is 2.49. The van der Waals surface area contributed by atoms with Crippen molar-refractivity contribution in [3.63, 3.8) is 0 Å². The van der Waals surface area contributed by atoms with Crippen molar-refractivity contribution < 1.29 is 4.74 Å². The average molecular weight is 257 g/mol. The number of hydrogen-bond acceptors (Lipinski definition) is 3. The van der Waals surface area contributed by atoms with Crippen molar-refractivity contribution in [1.82, 2.24) is 9.78 Å². The molecule has 1 aliphatic rings. The molecule has 4 nitrogen and oxygen atoms in total. The van der Waals surface area contributed by atoms with Gasteiger partial charge < -0.3 is 10.5 Å². The monoisotopic (exact) mass is 257 g/mol. The summed E-state index contributed by atoms with van der Waals surface area (Å²) in [7, 11) is 0. The summed E-state index contributed by atoms with van der Waals surface area (Å²) in [5.41, 5.74) is 9.27. The number of nitrogens with two attached hydrogens (primary N) is 1. The van der Waals surface area contributed by atoms with Gasteiger partial charge in [0, 0.05) is 18.2 Å². The van der Waals surface area contributed by atoms with Crippen molar-refractivity contribution in [3.05, 3.63) is 35.9 Å². The Morgan fingerprint density at radius 2 is 2.05 bits per heavy atom. The lowest BCUT2D eigenvalue weighted by molar-refractivity contribution is -0.0382. The number of anilines is 1. The van der Waals surface area contributed by atoms with Gasteiger partial charge >= 0.3 is 0 Å². The molecular formula is C15H19N3O. The van der Waals surface area contributed by atoms with Crippen LogP contribution in [0.2, 0.25) is 0 Å². The van der Waals surface area contributed by atoms with E-state index in [0.717, 1.165) is 30.7 Å². The number of aryl methyl sites for hydroxylation is 1. The summed E-state index contributed by atoms with van der Waals surface area (Å²) in [5, 5.41) is 4.40. The molecule has 1 aromatic heterocycles. The SMILES string of the molecule is Cc1ccc(-c2cc(N)nn2C2CCCCO2)cc1. The van der Waals surface area contributed by atoms with Crippen molar-refractivity contribution in [2.75, 3.05) is 12.3 Å². The molecule has 19 heavy (non-hydrogen) atoms. The summed E-state index contributed by atoms with van der Waals surface area (Å²) in [6, 6.07) is 10.3. The maximum absolute atomic E-state index is 5.87. The van der Waals surface area contributed by atoms with Crippen LogP contribution in [0.1, 0.15) is 31.1 Å². The first kappa shape index (κ1) is 12.2. The number of nitrogen functional groups attached to an aromatic ring is 1. The van der Waals surface area contributed by atoms with Gasteiger partial charge in [0.05, 0.1) is 5.69 Å². The topological polar surface area (TPSA) is 53.1 Å². The fourth-order valence-electron chi connectivity index (χ4n) is 2.49. The molecule has 3 rings (SSSR count). The highest BCUT2D eigenvalue weighted by atomic mass is 16.5. The van der Waals surface area contributed by atoms with Gasteiger partial charge in [-0.1, -0.05) is 29.8 Å². The Kier molecular flexibility index (Phi) is 3.25. The number of aromatic nitrogens is 2. The molecule has 0 bridgehead atoms. The number of benzene rings is 1. The van der Waals surface area contributed by atoms with E-state index in [0.29, 0.717) is 5.82 Å². The highest BCUT2D eigenvalue weighted by Crippen LogP contribution is 2.29. The van der Waals surface area contributed by atoms with Gasteiger partial charge in [0.25, 0.3) is 0 Å². The van der Waals surface area contributed by atoms with Crippen LogP contribution in [0, 0.1) is 6.92 Å². The van der Waals surface area contributed by atoms with E-state index in [1.807, 2.05) is 10.7 Å². The summed E-state index contributed by atoms with van der Waals surface area (Å²) in [4.78, 5) is 0. The Balaban J connectivity index is 1.98. The predicted molar refractivity (Wildman–Crippen MR) is 75.7 cm³/mol. The standard InChI is InChI=1S/C15H19N3O/c1-11-5-7-12(8-6-11)13-10-14(16)17-18(13)15-4-2-3-9-19-15/h5-8,10,15H,2-4,9H2,1H3,(H2,16,17). The average Bonchev–Trinajstić information content (AvgIpc) is 2.83. The van der Waals surface area contributed by atoms with E-state index in [9.17, 15) is 0 Å². The molecule has 0 amide bonds. The molecule has 0 spiro atoms. The molecule has 1 unspecified atom stereocenters. The lowest BCUT2D eigenvalue weighted by atomic mass is 10.1. The van der Waals surface area contributed by atoms with Crippen LogP contribution in [0.4, 0.5) is 5.82 Å². The van der Waals surface area contributed by atoms with Gasteiger partial charge in [-0.15, -0.1) is 0 Å². The first-order chi connectivity index (χ1) is 9.24. The highest BCUT2D eigenvalue weighted by Gasteiger charge is 2.20. The molecule has 100 valence electrons. The molecule has 2 N–H and O–H groups in total. The molecule has 1 aliphatic heterocycles. The Hall–Kier alpha value is -1.81. The van der Waals surface area contributed by atoms with E-state index in [1.165, 1.54) is 12.0 Å². The van der Waals surface area contributed by atoms with E-state index >= 15 is 0 Å². The van der Waals surface area contributed by atoms with E-state index < -0.39 is 0 Å². The predicted octanol–water partition coefficient (Wildman–Crippen LogP) is 3.14. The lowest BCUT2D eigenvalue weighted by Crippen LogP contribution is -2.20. The van der Waals surface area contributed by atoms with Crippen LogP contribution in [0.25, 0.3) is 11.3 Å². The summed E-state index contributed by atoms with van der Waals surface area (Å²) >= 11 is 0. The third kappa shape index (κ3) is 2.49. The first-order valence-electron chi connectivity index (χ1n) is 6.78. The first-order valence-corrected chi connectivity index (χ1v) is 6.78. The Labute approximate surface area is 113 Å². The van der Waals surface area contributed by atoms with Gasteiger partial charge in [-0.25, -0.2) is 4.68 Å². The van der Waals surface area contributed by atoms with Crippen molar-refractivity contribution in [3.8, 4) is 11.3 Å². The second-order valence-corrected chi connectivity index (χ2v) is 5.09. The third-order valence-electron chi connectivity index (χ3n) is 3.53. The molecule has 4 heteroatoms. The minimum Gasteiger partial charge on any atom is -0.382 e. The summed E-state index contributed by atoms with van der Waals surface area (Å²) < 4.78 is 7.74. The fraction of sp³-hybridized carbons (Fsp3) is 0.400. The van der Waals surface area contributed by atoms with Crippen LogP contribution >= 0.6 is 0 Å². The number of ether oxygens (including phenoxy) is 1. The van der Waals surface area contributed by atoms with E-state index in [1.54, 1.807) is 0 Å². The number of nitrogens with zero attached hydrogens (tertiary/aromatic N) is 2. The molecule has 2 aromatic rings. The maximum atomic E-state index is 5.87. The Morgan fingerprint density at radius 1 is 1.26 bits per heavy atom. The van der Waals surface area contributed by atoms with E-state index in [2.05, 4.69) is 36.3 Å². The van der Waals surface area contributed by atoms with Crippen LogP contribution < -0.4 is 5.73 Å². The third-order valence-corrected chi connectivity index (χ3v) is 3.53. The second-order valence-electron chi connectivity index (χ2n) is 5.09. The van der Waals surface area contributed by atoms with Crippen LogP contribution in [0.15, 0.2) is 30.3 Å².